The molecule has 0 aliphatic heterocycles. The van der Waals surface area contributed by atoms with Gasteiger partial charge in [0.1, 0.15) is 28.9 Å². The number of methoxy groups -OCH3 is 1. The minimum absolute atomic E-state index is 0.108. The Morgan fingerprint density at radius 2 is 1.80 bits per heavy atom. The van der Waals surface area contributed by atoms with E-state index in [2.05, 4.69) is 0 Å². The SMILES string of the molecule is CCCOc1ccccc1/C=C(\C#N)C(=O)Oc1ccc(OC)cc1. The summed E-state index contributed by atoms with van der Waals surface area (Å²) in [6.45, 7) is 2.56. The summed E-state index contributed by atoms with van der Waals surface area (Å²) in [7, 11) is 1.55. The van der Waals surface area contributed by atoms with Crippen LogP contribution in [0.4, 0.5) is 0 Å². The molecule has 0 saturated heterocycles. The second-order valence-corrected chi connectivity index (χ2v) is 5.12. The van der Waals surface area contributed by atoms with Crippen LogP contribution in [0.1, 0.15) is 18.9 Å². The van der Waals surface area contributed by atoms with Gasteiger partial charge in [0, 0.05) is 5.56 Å². The van der Waals surface area contributed by atoms with Crippen molar-refractivity contribution in [2.45, 2.75) is 13.3 Å². The summed E-state index contributed by atoms with van der Waals surface area (Å²) >= 11 is 0. The number of carbonyl (C=O) groups is 1. The Kier molecular flexibility index (Phi) is 6.61. The number of hydrogen-bond acceptors (Lipinski definition) is 5. The highest BCUT2D eigenvalue weighted by molar-refractivity contribution is 5.99. The van der Waals surface area contributed by atoms with E-state index >= 15 is 0 Å². The van der Waals surface area contributed by atoms with Gasteiger partial charge in [-0.15, -0.1) is 0 Å². The molecule has 2 aromatic rings. The number of carbonyl (C=O) groups excluding carboxylic acids is 1. The molecule has 2 aromatic carbocycles. The summed E-state index contributed by atoms with van der Waals surface area (Å²) in [5.74, 6) is 0.882. The molecule has 0 aliphatic rings. The van der Waals surface area contributed by atoms with Crippen molar-refractivity contribution >= 4 is 12.0 Å². The largest absolute Gasteiger partial charge is 0.497 e. The third-order valence-corrected chi connectivity index (χ3v) is 3.29. The Balaban J connectivity index is 2.19. The smallest absolute Gasteiger partial charge is 0.354 e. The fourth-order valence-corrected chi connectivity index (χ4v) is 2.04. The summed E-state index contributed by atoms with van der Waals surface area (Å²) in [5.41, 5.74) is 0.544. The maximum atomic E-state index is 12.2. The molecule has 25 heavy (non-hydrogen) atoms. The van der Waals surface area contributed by atoms with Crippen LogP contribution in [0, 0.1) is 11.3 Å². The Morgan fingerprint density at radius 1 is 1.12 bits per heavy atom. The molecule has 5 nitrogen and oxygen atoms in total. The zero-order valence-electron chi connectivity index (χ0n) is 14.2. The normalized spacial score (nSPS) is 10.7. The zero-order chi connectivity index (χ0) is 18.1. The molecular formula is C20H19NO4. The Morgan fingerprint density at radius 3 is 2.44 bits per heavy atom. The number of hydrogen-bond donors (Lipinski definition) is 0. The number of nitrogens with zero attached hydrogens (tertiary/aromatic N) is 1. The van der Waals surface area contributed by atoms with E-state index in [0.29, 0.717) is 29.4 Å². The third-order valence-electron chi connectivity index (χ3n) is 3.29. The van der Waals surface area contributed by atoms with Crippen molar-refractivity contribution in [1.82, 2.24) is 0 Å². The Hall–Kier alpha value is -3.26. The highest BCUT2D eigenvalue weighted by Crippen LogP contribution is 2.22. The first-order valence-corrected chi connectivity index (χ1v) is 7.87. The second kappa shape index (κ2) is 9.14. The Bertz CT molecular complexity index is 788. The summed E-state index contributed by atoms with van der Waals surface area (Å²) in [6, 6.07) is 15.7. The topological polar surface area (TPSA) is 68.5 Å². The number of esters is 1. The van der Waals surface area contributed by atoms with Crippen LogP contribution in [0.3, 0.4) is 0 Å². The van der Waals surface area contributed by atoms with Gasteiger partial charge in [0.25, 0.3) is 0 Å². The molecule has 0 aliphatic carbocycles. The molecule has 0 amide bonds. The van der Waals surface area contributed by atoms with Gasteiger partial charge in [0.05, 0.1) is 13.7 Å². The van der Waals surface area contributed by atoms with Gasteiger partial charge in [0.15, 0.2) is 0 Å². The van der Waals surface area contributed by atoms with Crippen molar-refractivity contribution in [3.8, 4) is 23.3 Å². The molecule has 128 valence electrons. The van der Waals surface area contributed by atoms with Crippen LogP contribution in [-0.2, 0) is 4.79 Å². The van der Waals surface area contributed by atoms with Crippen LogP contribution >= 0.6 is 0 Å². The van der Waals surface area contributed by atoms with Crippen LogP contribution in [0.5, 0.6) is 17.2 Å². The van der Waals surface area contributed by atoms with Gasteiger partial charge in [-0.05, 0) is 42.8 Å². The zero-order valence-corrected chi connectivity index (χ0v) is 14.2. The van der Waals surface area contributed by atoms with Crippen LogP contribution in [-0.4, -0.2) is 19.7 Å². The molecule has 0 atom stereocenters. The van der Waals surface area contributed by atoms with Crippen molar-refractivity contribution in [3.05, 3.63) is 59.7 Å². The molecule has 0 radical (unpaired) electrons. The molecule has 2 rings (SSSR count). The fourth-order valence-electron chi connectivity index (χ4n) is 2.04. The van der Waals surface area contributed by atoms with Crippen molar-refractivity contribution in [2.75, 3.05) is 13.7 Å². The molecule has 0 unspecified atom stereocenters. The summed E-state index contributed by atoms with van der Waals surface area (Å²) < 4.78 is 15.9. The molecule has 5 heteroatoms. The van der Waals surface area contributed by atoms with Gasteiger partial charge >= 0.3 is 5.97 Å². The number of nitriles is 1. The van der Waals surface area contributed by atoms with Gasteiger partial charge in [-0.25, -0.2) is 4.79 Å². The van der Waals surface area contributed by atoms with E-state index < -0.39 is 5.97 Å². The molecule has 0 fully saturated rings. The predicted molar refractivity (Wildman–Crippen MR) is 94.4 cm³/mol. The van der Waals surface area contributed by atoms with E-state index in [1.165, 1.54) is 6.08 Å². The van der Waals surface area contributed by atoms with E-state index in [9.17, 15) is 10.1 Å². The quantitative estimate of drug-likeness (QED) is 0.331. The van der Waals surface area contributed by atoms with Crippen LogP contribution in [0.15, 0.2) is 54.1 Å². The summed E-state index contributed by atoms with van der Waals surface area (Å²) in [5, 5.41) is 9.30. The van der Waals surface area contributed by atoms with Gasteiger partial charge < -0.3 is 14.2 Å². The van der Waals surface area contributed by atoms with Crippen molar-refractivity contribution in [3.63, 3.8) is 0 Å². The lowest BCUT2D eigenvalue weighted by atomic mass is 10.1. The van der Waals surface area contributed by atoms with E-state index in [1.54, 1.807) is 43.5 Å². The highest BCUT2D eigenvalue weighted by Gasteiger charge is 2.13. The minimum Gasteiger partial charge on any atom is -0.497 e. The minimum atomic E-state index is -0.724. The lowest BCUT2D eigenvalue weighted by Crippen LogP contribution is -2.10. The number of rotatable bonds is 7. The van der Waals surface area contributed by atoms with E-state index in [0.717, 1.165) is 6.42 Å². The van der Waals surface area contributed by atoms with E-state index in [4.69, 9.17) is 14.2 Å². The first-order chi connectivity index (χ1) is 12.2. The highest BCUT2D eigenvalue weighted by atomic mass is 16.5. The summed E-state index contributed by atoms with van der Waals surface area (Å²) in [4.78, 5) is 12.2. The van der Waals surface area contributed by atoms with Gasteiger partial charge in [-0.1, -0.05) is 25.1 Å². The average Bonchev–Trinajstić information content (AvgIpc) is 2.65. The van der Waals surface area contributed by atoms with Crippen molar-refractivity contribution in [2.24, 2.45) is 0 Å². The van der Waals surface area contributed by atoms with E-state index in [1.807, 2.05) is 25.1 Å². The first-order valence-electron chi connectivity index (χ1n) is 7.87. The molecular weight excluding hydrogens is 318 g/mol. The maximum Gasteiger partial charge on any atom is 0.354 e. The number of ether oxygens (including phenoxy) is 3. The summed E-state index contributed by atoms with van der Waals surface area (Å²) in [6.07, 6.45) is 2.33. The van der Waals surface area contributed by atoms with Crippen molar-refractivity contribution < 1.29 is 19.0 Å². The predicted octanol–water partition coefficient (Wildman–Crippen LogP) is 4.00. The van der Waals surface area contributed by atoms with Crippen LogP contribution < -0.4 is 14.2 Å². The first kappa shape index (κ1) is 18.1. The second-order valence-electron chi connectivity index (χ2n) is 5.12. The van der Waals surface area contributed by atoms with Gasteiger partial charge in [-0.2, -0.15) is 5.26 Å². The van der Waals surface area contributed by atoms with Crippen LogP contribution in [0.25, 0.3) is 6.08 Å². The number of para-hydroxylation sites is 1. The monoisotopic (exact) mass is 337 g/mol. The molecule has 0 N–H and O–H groups in total. The lowest BCUT2D eigenvalue weighted by molar-refractivity contribution is -0.129. The molecule has 0 saturated carbocycles. The van der Waals surface area contributed by atoms with Gasteiger partial charge in [-0.3, -0.25) is 0 Å². The maximum absolute atomic E-state index is 12.2. The fraction of sp³-hybridized carbons (Fsp3) is 0.200. The standard InChI is InChI=1S/C20H19NO4/c1-3-12-24-19-7-5-4-6-15(19)13-16(14-21)20(22)25-18-10-8-17(23-2)9-11-18/h4-11,13H,3,12H2,1-2H3/b16-13+. The lowest BCUT2D eigenvalue weighted by Gasteiger charge is -2.08. The molecule has 0 heterocycles. The van der Waals surface area contributed by atoms with E-state index in [-0.39, 0.29) is 5.57 Å². The molecule has 0 aromatic heterocycles. The average molecular weight is 337 g/mol. The third kappa shape index (κ3) is 5.11. The molecule has 0 spiro atoms. The number of benzene rings is 2. The Labute approximate surface area is 147 Å². The van der Waals surface area contributed by atoms with Crippen molar-refractivity contribution in [1.29, 1.82) is 5.26 Å². The van der Waals surface area contributed by atoms with Crippen LogP contribution in [0.2, 0.25) is 0 Å². The van der Waals surface area contributed by atoms with Gasteiger partial charge in [0.2, 0.25) is 0 Å². The molecule has 0 bridgehead atoms.